The molecule has 0 amide bonds. The summed E-state index contributed by atoms with van der Waals surface area (Å²) < 4.78 is 13.0. The SMILES string of the molecule is C=CC(F)C(CC)CCCCO. The van der Waals surface area contributed by atoms with E-state index in [0.717, 1.165) is 25.7 Å². The first kappa shape index (κ1) is 11.6. The number of aliphatic hydroxyl groups excluding tert-OH is 1. The molecule has 0 aromatic rings. The second-order valence-corrected chi connectivity index (χ2v) is 3.07. The molecular formula is C10H19FO. The number of hydrogen-bond acceptors (Lipinski definition) is 1. The van der Waals surface area contributed by atoms with Crippen molar-refractivity contribution in [3.63, 3.8) is 0 Å². The summed E-state index contributed by atoms with van der Waals surface area (Å²) in [6.07, 6.45) is 3.87. The minimum atomic E-state index is -0.881. The van der Waals surface area contributed by atoms with E-state index in [0.29, 0.717) is 0 Å². The normalized spacial score (nSPS) is 15.6. The first-order valence-electron chi connectivity index (χ1n) is 4.63. The second kappa shape index (κ2) is 7.29. The van der Waals surface area contributed by atoms with Crippen molar-refractivity contribution in [1.29, 1.82) is 0 Å². The molecule has 0 aliphatic rings. The van der Waals surface area contributed by atoms with Gasteiger partial charge in [-0.15, -0.1) is 6.58 Å². The Morgan fingerprint density at radius 3 is 2.58 bits per heavy atom. The Labute approximate surface area is 74.3 Å². The van der Waals surface area contributed by atoms with Crippen LogP contribution in [0.25, 0.3) is 0 Å². The van der Waals surface area contributed by atoms with Crippen LogP contribution in [0.4, 0.5) is 4.39 Å². The molecule has 0 aromatic carbocycles. The van der Waals surface area contributed by atoms with Crippen LogP contribution >= 0.6 is 0 Å². The summed E-state index contributed by atoms with van der Waals surface area (Å²) in [6.45, 7) is 5.63. The second-order valence-electron chi connectivity index (χ2n) is 3.07. The maximum atomic E-state index is 13.0. The molecule has 1 N–H and O–H groups in total. The van der Waals surface area contributed by atoms with Gasteiger partial charge in [0.1, 0.15) is 6.17 Å². The molecule has 0 bridgehead atoms. The van der Waals surface area contributed by atoms with E-state index in [1.54, 1.807) is 0 Å². The number of halogens is 1. The van der Waals surface area contributed by atoms with Crippen molar-refractivity contribution in [3.8, 4) is 0 Å². The summed E-state index contributed by atoms with van der Waals surface area (Å²) >= 11 is 0. The lowest BCUT2D eigenvalue weighted by Crippen LogP contribution is -2.12. The maximum Gasteiger partial charge on any atom is 0.121 e. The third-order valence-corrected chi connectivity index (χ3v) is 2.18. The predicted octanol–water partition coefficient (Wildman–Crippen LogP) is 2.70. The van der Waals surface area contributed by atoms with Crippen molar-refractivity contribution in [2.24, 2.45) is 5.92 Å². The van der Waals surface area contributed by atoms with E-state index in [1.807, 2.05) is 6.92 Å². The standard InChI is InChI=1S/C10H19FO/c1-3-9(10(11)4-2)7-5-6-8-12/h4,9-10,12H,2-3,5-8H2,1H3. The minimum Gasteiger partial charge on any atom is -0.396 e. The molecule has 72 valence electrons. The van der Waals surface area contributed by atoms with Gasteiger partial charge >= 0.3 is 0 Å². The molecule has 0 heterocycles. The molecule has 12 heavy (non-hydrogen) atoms. The average molecular weight is 174 g/mol. The first-order chi connectivity index (χ1) is 5.76. The van der Waals surface area contributed by atoms with Gasteiger partial charge in [0.25, 0.3) is 0 Å². The minimum absolute atomic E-state index is 0.0917. The summed E-state index contributed by atoms with van der Waals surface area (Å²) in [4.78, 5) is 0. The lowest BCUT2D eigenvalue weighted by atomic mass is 9.94. The predicted molar refractivity (Wildman–Crippen MR) is 49.8 cm³/mol. The topological polar surface area (TPSA) is 20.2 Å². The van der Waals surface area contributed by atoms with E-state index in [1.165, 1.54) is 6.08 Å². The molecule has 0 radical (unpaired) electrons. The summed E-state index contributed by atoms with van der Waals surface area (Å²) in [5.41, 5.74) is 0. The van der Waals surface area contributed by atoms with Gasteiger partial charge < -0.3 is 5.11 Å². The van der Waals surface area contributed by atoms with Crippen LogP contribution in [0.2, 0.25) is 0 Å². The third-order valence-electron chi connectivity index (χ3n) is 2.18. The van der Waals surface area contributed by atoms with E-state index in [-0.39, 0.29) is 12.5 Å². The largest absolute Gasteiger partial charge is 0.396 e. The van der Waals surface area contributed by atoms with Crippen molar-refractivity contribution in [1.82, 2.24) is 0 Å². The van der Waals surface area contributed by atoms with Gasteiger partial charge in [0, 0.05) is 6.61 Å². The van der Waals surface area contributed by atoms with Crippen LogP contribution in [-0.4, -0.2) is 17.9 Å². The Morgan fingerprint density at radius 1 is 1.50 bits per heavy atom. The van der Waals surface area contributed by atoms with Crippen LogP contribution in [0.1, 0.15) is 32.6 Å². The van der Waals surface area contributed by atoms with Crippen LogP contribution < -0.4 is 0 Å². The van der Waals surface area contributed by atoms with Gasteiger partial charge in [-0.1, -0.05) is 25.8 Å². The quantitative estimate of drug-likeness (QED) is 0.465. The van der Waals surface area contributed by atoms with Crippen LogP contribution in [0.15, 0.2) is 12.7 Å². The van der Waals surface area contributed by atoms with Crippen molar-refractivity contribution < 1.29 is 9.50 Å². The first-order valence-corrected chi connectivity index (χ1v) is 4.63. The van der Waals surface area contributed by atoms with E-state index >= 15 is 0 Å². The fraction of sp³-hybridized carbons (Fsp3) is 0.800. The molecule has 2 heteroatoms. The molecule has 2 atom stereocenters. The van der Waals surface area contributed by atoms with Crippen molar-refractivity contribution in [2.75, 3.05) is 6.61 Å². The van der Waals surface area contributed by atoms with Gasteiger partial charge in [0.2, 0.25) is 0 Å². The highest BCUT2D eigenvalue weighted by molar-refractivity contribution is 4.84. The molecule has 0 saturated heterocycles. The van der Waals surface area contributed by atoms with Crippen molar-refractivity contribution >= 4 is 0 Å². The zero-order valence-corrected chi connectivity index (χ0v) is 7.80. The molecule has 0 aliphatic carbocycles. The summed E-state index contributed by atoms with van der Waals surface area (Å²) in [5, 5.41) is 8.53. The van der Waals surface area contributed by atoms with Gasteiger partial charge in [-0.25, -0.2) is 4.39 Å². The molecule has 2 unspecified atom stereocenters. The van der Waals surface area contributed by atoms with Gasteiger partial charge in [-0.05, 0) is 18.8 Å². The lowest BCUT2D eigenvalue weighted by molar-refractivity contribution is 0.238. The van der Waals surface area contributed by atoms with Crippen LogP contribution in [0, 0.1) is 5.92 Å². The highest BCUT2D eigenvalue weighted by atomic mass is 19.1. The smallest absolute Gasteiger partial charge is 0.121 e. The maximum absolute atomic E-state index is 13.0. The Balaban J connectivity index is 3.59. The molecule has 0 fully saturated rings. The van der Waals surface area contributed by atoms with Gasteiger partial charge in [-0.2, -0.15) is 0 Å². The Bertz CT molecular complexity index is 114. The molecule has 0 rings (SSSR count). The number of unbranched alkanes of at least 4 members (excludes halogenated alkanes) is 1. The van der Waals surface area contributed by atoms with Gasteiger partial charge in [-0.3, -0.25) is 0 Å². The highest BCUT2D eigenvalue weighted by Gasteiger charge is 2.14. The average Bonchev–Trinajstić information content (AvgIpc) is 2.11. The zero-order chi connectivity index (χ0) is 9.40. The Kier molecular flexibility index (Phi) is 7.06. The number of aliphatic hydroxyl groups is 1. The number of allylic oxidation sites excluding steroid dienone is 1. The molecule has 0 aromatic heterocycles. The number of hydrogen-bond donors (Lipinski definition) is 1. The van der Waals surface area contributed by atoms with Crippen LogP contribution in [0.3, 0.4) is 0 Å². The number of rotatable bonds is 7. The number of alkyl halides is 1. The molecule has 1 nitrogen and oxygen atoms in total. The van der Waals surface area contributed by atoms with E-state index in [9.17, 15) is 4.39 Å². The lowest BCUT2D eigenvalue weighted by Gasteiger charge is -2.15. The van der Waals surface area contributed by atoms with Crippen molar-refractivity contribution in [2.45, 2.75) is 38.8 Å². The van der Waals surface area contributed by atoms with Gasteiger partial charge in [0.15, 0.2) is 0 Å². The van der Waals surface area contributed by atoms with Crippen LogP contribution in [0.5, 0.6) is 0 Å². The summed E-state index contributed by atoms with van der Waals surface area (Å²) in [6, 6.07) is 0. The Morgan fingerprint density at radius 2 is 2.17 bits per heavy atom. The molecular weight excluding hydrogens is 155 g/mol. The van der Waals surface area contributed by atoms with Crippen LogP contribution in [-0.2, 0) is 0 Å². The molecule has 0 aliphatic heterocycles. The van der Waals surface area contributed by atoms with E-state index in [4.69, 9.17) is 5.11 Å². The van der Waals surface area contributed by atoms with E-state index < -0.39 is 6.17 Å². The molecule has 0 saturated carbocycles. The summed E-state index contributed by atoms with van der Waals surface area (Å²) in [7, 11) is 0. The monoisotopic (exact) mass is 174 g/mol. The zero-order valence-electron chi connectivity index (χ0n) is 7.80. The highest BCUT2D eigenvalue weighted by Crippen LogP contribution is 2.19. The third kappa shape index (κ3) is 4.50. The van der Waals surface area contributed by atoms with Crippen molar-refractivity contribution in [3.05, 3.63) is 12.7 Å². The van der Waals surface area contributed by atoms with E-state index in [2.05, 4.69) is 6.58 Å². The molecule has 0 spiro atoms. The summed E-state index contributed by atoms with van der Waals surface area (Å²) in [5.74, 6) is 0.0917. The Hall–Kier alpha value is -0.370. The fourth-order valence-corrected chi connectivity index (χ4v) is 1.30. The van der Waals surface area contributed by atoms with Gasteiger partial charge in [0.05, 0.1) is 0 Å². The fourth-order valence-electron chi connectivity index (χ4n) is 1.30.